The van der Waals surface area contributed by atoms with E-state index in [2.05, 4.69) is 19.2 Å². The normalized spacial score (nSPS) is 12.6. The van der Waals surface area contributed by atoms with Crippen molar-refractivity contribution in [1.82, 2.24) is 5.32 Å². The molecule has 4 nitrogen and oxygen atoms in total. The van der Waals surface area contributed by atoms with Crippen LogP contribution in [0.4, 0.5) is 0 Å². The number of hydrogen-bond acceptors (Lipinski definition) is 3. The van der Waals surface area contributed by atoms with Gasteiger partial charge in [-0.15, -0.1) is 0 Å². The number of nitrogens with one attached hydrogen (secondary N) is 1. The molecule has 0 spiro atoms. The van der Waals surface area contributed by atoms with Gasteiger partial charge in [-0.1, -0.05) is 13.8 Å². The van der Waals surface area contributed by atoms with Crippen LogP contribution in [0.25, 0.3) is 0 Å². The average Bonchev–Trinajstić information content (AvgIpc) is 2.14. The lowest BCUT2D eigenvalue weighted by molar-refractivity contribution is -0.123. The van der Waals surface area contributed by atoms with Gasteiger partial charge in [0.1, 0.15) is 0 Å². The molecular formula is C13H28N2O2. The third kappa shape index (κ3) is 8.16. The standard InChI is InChI=1S/C13H28N2O2/c1-12(2,8-9-14)7-6-11(16)15-13(3,4)10-17-5/h6-10,14H2,1-5H3,(H,15,16). The van der Waals surface area contributed by atoms with Gasteiger partial charge in [-0.2, -0.15) is 0 Å². The van der Waals surface area contributed by atoms with E-state index in [1.807, 2.05) is 13.8 Å². The van der Waals surface area contributed by atoms with Crippen molar-refractivity contribution in [2.24, 2.45) is 11.1 Å². The zero-order valence-corrected chi connectivity index (χ0v) is 11.9. The van der Waals surface area contributed by atoms with E-state index in [9.17, 15) is 4.79 Å². The molecule has 0 saturated carbocycles. The summed E-state index contributed by atoms with van der Waals surface area (Å²) in [6.45, 7) is 9.40. The second kappa shape index (κ2) is 6.97. The third-order valence-electron chi connectivity index (χ3n) is 2.83. The largest absolute Gasteiger partial charge is 0.382 e. The minimum atomic E-state index is -0.302. The third-order valence-corrected chi connectivity index (χ3v) is 2.83. The topological polar surface area (TPSA) is 64.3 Å². The molecule has 17 heavy (non-hydrogen) atoms. The summed E-state index contributed by atoms with van der Waals surface area (Å²) in [6.07, 6.45) is 2.35. The Kier molecular flexibility index (Phi) is 6.72. The fourth-order valence-electron chi connectivity index (χ4n) is 1.80. The monoisotopic (exact) mass is 244 g/mol. The highest BCUT2D eigenvalue weighted by molar-refractivity contribution is 5.76. The van der Waals surface area contributed by atoms with Crippen LogP contribution in [0.15, 0.2) is 0 Å². The lowest BCUT2D eigenvalue weighted by Gasteiger charge is -2.27. The number of carbonyl (C=O) groups is 1. The molecule has 0 aliphatic heterocycles. The highest BCUT2D eigenvalue weighted by Crippen LogP contribution is 2.25. The maximum Gasteiger partial charge on any atom is 0.220 e. The van der Waals surface area contributed by atoms with Crippen LogP contribution in [0.3, 0.4) is 0 Å². The zero-order valence-electron chi connectivity index (χ0n) is 11.9. The van der Waals surface area contributed by atoms with Crippen molar-refractivity contribution in [1.29, 1.82) is 0 Å². The Morgan fingerprint density at radius 2 is 1.82 bits per heavy atom. The Balaban J connectivity index is 4.03. The van der Waals surface area contributed by atoms with Crippen LogP contribution < -0.4 is 11.1 Å². The number of carbonyl (C=O) groups excluding carboxylic acids is 1. The molecule has 0 aliphatic carbocycles. The average molecular weight is 244 g/mol. The highest BCUT2D eigenvalue weighted by atomic mass is 16.5. The zero-order chi connectivity index (χ0) is 13.5. The molecule has 1 amide bonds. The molecule has 0 rings (SSSR count). The van der Waals surface area contributed by atoms with Crippen LogP contribution in [0.2, 0.25) is 0 Å². The summed E-state index contributed by atoms with van der Waals surface area (Å²) in [4.78, 5) is 11.8. The molecule has 102 valence electrons. The summed E-state index contributed by atoms with van der Waals surface area (Å²) in [5.74, 6) is 0.0807. The first kappa shape index (κ1) is 16.4. The molecule has 4 heteroatoms. The van der Waals surface area contributed by atoms with Crippen LogP contribution in [0, 0.1) is 5.41 Å². The maximum absolute atomic E-state index is 11.8. The fourth-order valence-corrected chi connectivity index (χ4v) is 1.80. The smallest absolute Gasteiger partial charge is 0.220 e. The fraction of sp³-hybridized carbons (Fsp3) is 0.923. The van der Waals surface area contributed by atoms with E-state index in [-0.39, 0.29) is 16.9 Å². The summed E-state index contributed by atoms with van der Waals surface area (Å²) in [5, 5.41) is 2.98. The van der Waals surface area contributed by atoms with Gasteiger partial charge >= 0.3 is 0 Å². The van der Waals surface area contributed by atoms with Crippen LogP contribution in [-0.4, -0.2) is 31.7 Å². The molecule has 0 saturated heterocycles. The maximum atomic E-state index is 11.8. The number of ether oxygens (including phenoxy) is 1. The van der Waals surface area contributed by atoms with Gasteiger partial charge in [-0.3, -0.25) is 4.79 Å². The second-order valence-corrected chi connectivity index (χ2v) is 6.07. The number of amides is 1. The molecule has 0 unspecified atom stereocenters. The van der Waals surface area contributed by atoms with Crippen molar-refractivity contribution in [3.63, 3.8) is 0 Å². The molecule has 0 atom stereocenters. The van der Waals surface area contributed by atoms with Gasteiger partial charge in [0.05, 0.1) is 12.1 Å². The number of rotatable bonds is 8. The second-order valence-electron chi connectivity index (χ2n) is 6.07. The SMILES string of the molecule is COCC(C)(C)NC(=O)CCC(C)(C)CCN. The minimum Gasteiger partial charge on any atom is -0.382 e. The summed E-state index contributed by atoms with van der Waals surface area (Å²) in [7, 11) is 1.64. The van der Waals surface area contributed by atoms with Gasteiger partial charge < -0.3 is 15.8 Å². The van der Waals surface area contributed by atoms with E-state index >= 15 is 0 Å². The summed E-state index contributed by atoms with van der Waals surface area (Å²) >= 11 is 0. The van der Waals surface area contributed by atoms with Gasteiger partial charge in [-0.05, 0) is 38.6 Å². The van der Waals surface area contributed by atoms with Crippen LogP contribution in [-0.2, 0) is 9.53 Å². The summed E-state index contributed by atoms with van der Waals surface area (Å²) < 4.78 is 5.06. The van der Waals surface area contributed by atoms with E-state index in [1.165, 1.54) is 0 Å². The van der Waals surface area contributed by atoms with E-state index in [1.54, 1.807) is 7.11 Å². The van der Waals surface area contributed by atoms with Gasteiger partial charge in [0, 0.05) is 13.5 Å². The van der Waals surface area contributed by atoms with Crippen molar-refractivity contribution in [2.45, 2.75) is 52.5 Å². The Labute approximate surface area is 105 Å². The lowest BCUT2D eigenvalue weighted by Crippen LogP contribution is -2.46. The van der Waals surface area contributed by atoms with Gasteiger partial charge in [0.25, 0.3) is 0 Å². The van der Waals surface area contributed by atoms with Crippen molar-refractivity contribution >= 4 is 5.91 Å². The van der Waals surface area contributed by atoms with Crippen molar-refractivity contribution in [3.8, 4) is 0 Å². The van der Waals surface area contributed by atoms with Crippen LogP contribution in [0.1, 0.15) is 47.0 Å². The molecule has 0 aromatic carbocycles. The molecule has 0 bridgehead atoms. The molecule has 3 N–H and O–H groups in total. The molecule has 0 heterocycles. The Hall–Kier alpha value is -0.610. The summed E-state index contributed by atoms with van der Waals surface area (Å²) in [6, 6.07) is 0. The van der Waals surface area contributed by atoms with Gasteiger partial charge in [0.2, 0.25) is 5.91 Å². The van der Waals surface area contributed by atoms with E-state index in [4.69, 9.17) is 10.5 Å². The van der Waals surface area contributed by atoms with Crippen molar-refractivity contribution < 1.29 is 9.53 Å². The molecular weight excluding hydrogens is 216 g/mol. The van der Waals surface area contributed by atoms with E-state index < -0.39 is 0 Å². The lowest BCUT2D eigenvalue weighted by atomic mass is 9.84. The molecule has 0 radical (unpaired) electrons. The Morgan fingerprint density at radius 3 is 2.29 bits per heavy atom. The van der Waals surface area contributed by atoms with E-state index in [0.29, 0.717) is 19.6 Å². The van der Waals surface area contributed by atoms with Crippen molar-refractivity contribution in [2.75, 3.05) is 20.3 Å². The molecule has 0 aliphatic rings. The van der Waals surface area contributed by atoms with Gasteiger partial charge in [-0.25, -0.2) is 0 Å². The first-order chi connectivity index (χ1) is 7.72. The van der Waals surface area contributed by atoms with Gasteiger partial charge in [0.15, 0.2) is 0 Å². The summed E-state index contributed by atoms with van der Waals surface area (Å²) in [5.41, 5.74) is 5.38. The number of methoxy groups -OCH3 is 1. The van der Waals surface area contributed by atoms with Crippen LogP contribution >= 0.6 is 0 Å². The minimum absolute atomic E-state index is 0.0807. The number of hydrogen-bond donors (Lipinski definition) is 2. The first-order valence-corrected chi connectivity index (χ1v) is 6.22. The Morgan fingerprint density at radius 1 is 1.24 bits per heavy atom. The van der Waals surface area contributed by atoms with E-state index in [0.717, 1.165) is 12.8 Å². The highest BCUT2D eigenvalue weighted by Gasteiger charge is 2.22. The quantitative estimate of drug-likeness (QED) is 0.683. The number of nitrogens with two attached hydrogens (primary N) is 1. The molecule has 0 aromatic heterocycles. The molecule has 0 aromatic rings. The first-order valence-electron chi connectivity index (χ1n) is 6.22. The van der Waals surface area contributed by atoms with Crippen LogP contribution in [0.5, 0.6) is 0 Å². The predicted octanol–water partition coefficient (Wildman–Crippen LogP) is 1.68. The molecule has 0 fully saturated rings. The van der Waals surface area contributed by atoms with Crippen molar-refractivity contribution in [3.05, 3.63) is 0 Å². The Bertz CT molecular complexity index is 238. The predicted molar refractivity (Wildman–Crippen MR) is 70.8 cm³/mol.